The lowest BCUT2D eigenvalue weighted by atomic mass is 9.92. The molecule has 0 fully saturated rings. The molecular weight excluding hydrogens is 523 g/mol. The lowest BCUT2D eigenvalue weighted by Crippen LogP contribution is -2.41. The number of rotatable bonds is 8. The van der Waals surface area contributed by atoms with E-state index in [-0.39, 0.29) is 24.2 Å². The number of anilines is 2. The summed E-state index contributed by atoms with van der Waals surface area (Å²) in [5.41, 5.74) is 0.822. The van der Waals surface area contributed by atoms with Crippen molar-refractivity contribution in [2.75, 3.05) is 23.7 Å². The van der Waals surface area contributed by atoms with Crippen LogP contribution >= 0.6 is 23.2 Å². The molecule has 0 radical (unpaired) electrons. The molecule has 11 heteroatoms. The Bertz CT molecular complexity index is 1290. The molecule has 0 saturated carbocycles. The molecule has 2 N–H and O–H groups in total. The van der Waals surface area contributed by atoms with Crippen molar-refractivity contribution in [2.24, 2.45) is 0 Å². The maximum absolute atomic E-state index is 14.1. The highest BCUT2D eigenvalue weighted by atomic mass is 35.5. The van der Waals surface area contributed by atoms with E-state index in [9.17, 15) is 18.4 Å². The summed E-state index contributed by atoms with van der Waals surface area (Å²) in [4.78, 5) is 27.2. The first-order valence-electron chi connectivity index (χ1n) is 11.8. The van der Waals surface area contributed by atoms with Crippen LogP contribution in [0.2, 0.25) is 10.0 Å². The predicted octanol–water partition coefficient (Wildman–Crippen LogP) is 7.03. The first-order valence-corrected chi connectivity index (χ1v) is 12.5. The number of nitrogens with zero attached hydrogens (tertiary/aromatic N) is 3. The Balaban J connectivity index is 1.83. The van der Waals surface area contributed by atoms with Crippen LogP contribution in [0.1, 0.15) is 46.2 Å². The fraction of sp³-hybridized carbons (Fsp3) is 0.346. The molecule has 3 amide bonds. The zero-order valence-corrected chi connectivity index (χ0v) is 22.6. The molecule has 7 nitrogen and oxygen atoms in total. The van der Waals surface area contributed by atoms with Crippen LogP contribution in [0.3, 0.4) is 0 Å². The Labute approximate surface area is 224 Å². The molecule has 0 aliphatic rings. The number of halogens is 4. The van der Waals surface area contributed by atoms with Gasteiger partial charge < -0.3 is 15.5 Å². The topological polar surface area (TPSA) is 79.3 Å². The molecule has 3 rings (SSSR count). The van der Waals surface area contributed by atoms with Gasteiger partial charge in [0.25, 0.3) is 0 Å². The number of nitrogens with one attached hydrogen (secondary N) is 2. The second-order valence-corrected chi connectivity index (χ2v) is 10.4. The number of aromatic nitrogens is 2. The van der Waals surface area contributed by atoms with E-state index in [0.717, 1.165) is 24.2 Å². The average molecular weight is 552 g/mol. The van der Waals surface area contributed by atoms with E-state index in [1.165, 1.54) is 4.90 Å². The molecule has 2 aromatic carbocycles. The third kappa shape index (κ3) is 7.42. The smallest absolute Gasteiger partial charge is 0.315 e. The van der Waals surface area contributed by atoms with Gasteiger partial charge in [-0.2, -0.15) is 5.10 Å². The third-order valence-corrected chi connectivity index (χ3v) is 6.21. The van der Waals surface area contributed by atoms with Gasteiger partial charge in [-0.15, -0.1) is 0 Å². The number of carbonyl (C=O) groups excluding carboxylic acids is 2. The summed E-state index contributed by atoms with van der Waals surface area (Å²) in [6.07, 6.45) is 1.40. The van der Waals surface area contributed by atoms with Crippen LogP contribution in [-0.2, 0) is 10.2 Å². The van der Waals surface area contributed by atoms with Crippen LogP contribution in [0.4, 0.5) is 25.1 Å². The summed E-state index contributed by atoms with van der Waals surface area (Å²) >= 11 is 12.3. The van der Waals surface area contributed by atoms with E-state index in [0.29, 0.717) is 34.0 Å². The first-order chi connectivity index (χ1) is 17.4. The Kier molecular flexibility index (Phi) is 9.15. The van der Waals surface area contributed by atoms with Crippen molar-refractivity contribution in [3.63, 3.8) is 0 Å². The van der Waals surface area contributed by atoms with Crippen molar-refractivity contribution in [2.45, 2.75) is 46.0 Å². The highest BCUT2D eigenvalue weighted by Crippen LogP contribution is 2.29. The molecule has 0 aliphatic carbocycles. The van der Waals surface area contributed by atoms with Crippen molar-refractivity contribution >= 4 is 46.6 Å². The molecule has 0 saturated heterocycles. The zero-order chi connectivity index (χ0) is 27.3. The summed E-state index contributed by atoms with van der Waals surface area (Å²) in [6, 6.07) is 8.92. The van der Waals surface area contributed by atoms with E-state index in [4.69, 9.17) is 23.2 Å². The van der Waals surface area contributed by atoms with Gasteiger partial charge in [0.1, 0.15) is 24.0 Å². The SMILES string of the molecule is CCCCN(CC(=O)Nc1cc(C(C)(C)C)nn1-c1ccc(Cl)c(Cl)c1)C(=O)Nc1ccc(F)cc1F. The molecule has 3 aromatic rings. The average Bonchev–Trinajstić information content (AvgIpc) is 3.24. The van der Waals surface area contributed by atoms with Gasteiger partial charge in [-0.1, -0.05) is 57.3 Å². The normalized spacial score (nSPS) is 11.4. The number of hydrogen-bond acceptors (Lipinski definition) is 3. The van der Waals surface area contributed by atoms with Crippen molar-refractivity contribution in [3.8, 4) is 5.69 Å². The predicted molar refractivity (Wildman–Crippen MR) is 143 cm³/mol. The second-order valence-electron chi connectivity index (χ2n) is 9.55. The van der Waals surface area contributed by atoms with Gasteiger partial charge in [0.2, 0.25) is 5.91 Å². The van der Waals surface area contributed by atoms with E-state index in [1.807, 2.05) is 27.7 Å². The van der Waals surface area contributed by atoms with Crippen LogP contribution in [0, 0.1) is 11.6 Å². The molecular formula is C26H29Cl2F2N5O2. The lowest BCUT2D eigenvalue weighted by molar-refractivity contribution is -0.116. The summed E-state index contributed by atoms with van der Waals surface area (Å²) in [6.45, 7) is 7.88. The molecule has 0 aliphatic heterocycles. The summed E-state index contributed by atoms with van der Waals surface area (Å²) in [5.74, 6) is -1.76. The minimum Gasteiger partial charge on any atom is -0.315 e. The fourth-order valence-corrected chi connectivity index (χ4v) is 3.68. The summed E-state index contributed by atoms with van der Waals surface area (Å²) in [5, 5.41) is 10.6. The molecule has 0 spiro atoms. The van der Waals surface area contributed by atoms with Crippen molar-refractivity contribution in [1.29, 1.82) is 0 Å². The van der Waals surface area contributed by atoms with Crippen LogP contribution in [0.15, 0.2) is 42.5 Å². The Hall–Kier alpha value is -3.17. The molecule has 37 heavy (non-hydrogen) atoms. The van der Waals surface area contributed by atoms with Gasteiger partial charge in [0, 0.05) is 24.1 Å². The maximum atomic E-state index is 14.1. The van der Waals surface area contributed by atoms with E-state index >= 15 is 0 Å². The zero-order valence-electron chi connectivity index (χ0n) is 21.0. The minimum absolute atomic E-state index is 0.180. The standard InChI is InChI=1S/C26H29Cl2F2N5O2/c1-5-6-11-34(25(37)31-21-10-7-16(29)12-20(21)30)15-24(36)32-23-14-22(26(2,3)4)33-35(23)17-8-9-18(27)19(28)13-17/h7-10,12-14H,5-6,11,15H2,1-4H3,(H,31,37)(H,32,36). The molecule has 1 heterocycles. The van der Waals surface area contributed by atoms with Gasteiger partial charge >= 0.3 is 6.03 Å². The minimum atomic E-state index is -0.909. The van der Waals surface area contributed by atoms with Crippen molar-refractivity contribution in [1.82, 2.24) is 14.7 Å². The highest BCUT2D eigenvalue weighted by molar-refractivity contribution is 6.42. The number of carbonyl (C=O) groups is 2. The molecule has 1 aromatic heterocycles. The third-order valence-electron chi connectivity index (χ3n) is 5.47. The highest BCUT2D eigenvalue weighted by Gasteiger charge is 2.24. The summed E-state index contributed by atoms with van der Waals surface area (Å²) < 4.78 is 28.8. The first kappa shape index (κ1) is 28.4. The van der Waals surface area contributed by atoms with Crippen LogP contribution in [-0.4, -0.2) is 39.7 Å². The van der Waals surface area contributed by atoms with Crippen molar-refractivity contribution < 1.29 is 18.4 Å². The largest absolute Gasteiger partial charge is 0.322 e. The number of unbranched alkanes of at least 4 members (excludes halogenated alkanes) is 1. The second kappa shape index (κ2) is 11.9. The van der Waals surface area contributed by atoms with Crippen LogP contribution in [0.5, 0.6) is 0 Å². The fourth-order valence-electron chi connectivity index (χ4n) is 3.39. The Morgan fingerprint density at radius 2 is 1.76 bits per heavy atom. The van der Waals surface area contributed by atoms with Crippen LogP contribution in [0.25, 0.3) is 5.69 Å². The van der Waals surface area contributed by atoms with Gasteiger partial charge in [0.15, 0.2) is 0 Å². The van der Waals surface area contributed by atoms with Gasteiger partial charge in [-0.25, -0.2) is 18.3 Å². The summed E-state index contributed by atoms with van der Waals surface area (Å²) in [7, 11) is 0. The molecule has 0 atom stereocenters. The molecule has 198 valence electrons. The van der Waals surface area contributed by atoms with Crippen LogP contribution < -0.4 is 10.6 Å². The number of amides is 3. The number of hydrogen-bond donors (Lipinski definition) is 2. The molecule has 0 bridgehead atoms. The Morgan fingerprint density at radius 1 is 1.03 bits per heavy atom. The number of urea groups is 1. The van der Waals surface area contributed by atoms with E-state index in [2.05, 4.69) is 15.7 Å². The van der Waals surface area contributed by atoms with Crippen molar-refractivity contribution in [3.05, 3.63) is 69.8 Å². The van der Waals surface area contributed by atoms with Gasteiger partial charge in [0.05, 0.1) is 27.1 Å². The maximum Gasteiger partial charge on any atom is 0.322 e. The van der Waals surface area contributed by atoms with E-state index < -0.39 is 23.6 Å². The monoisotopic (exact) mass is 551 g/mol. The van der Waals surface area contributed by atoms with E-state index in [1.54, 1.807) is 28.9 Å². The van der Waals surface area contributed by atoms with Gasteiger partial charge in [-0.05, 0) is 36.8 Å². The lowest BCUT2D eigenvalue weighted by Gasteiger charge is -2.22. The number of benzene rings is 2. The Morgan fingerprint density at radius 3 is 2.38 bits per heavy atom. The quantitative estimate of drug-likeness (QED) is 0.315. The van der Waals surface area contributed by atoms with Gasteiger partial charge in [-0.3, -0.25) is 4.79 Å². The molecule has 0 unspecified atom stereocenters.